The second-order valence-corrected chi connectivity index (χ2v) is 5.23. The van der Waals surface area contributed by atoms with Crippen molar-refractivity contribution >= 4 is 28.9 Å². The standard InChI is InChI=1S/C11H12Cl2FNO/c1-11(5-16-6-11)4-15-7-2-8(12)10(14)9(13)3-7/h2-3,15H,4-6H2,1H3. The SMILES string of the molecule is CC1(CNc2cc(Cl)c(F)c(Cl)c2)COC1. The third-order valence-corrected chi connectivity index (χ3v) is 3.15. The van der Waals surface area contributed by atoms with Gasteiger partial charge in [0.15, 0.2) is 5.82 Å². The average molecular weight is 264 g/mol. The Morgan fingerprint density at radius 2 is 1.94 bits per heavy atom. The van der Waals surface area contributed by atoms with E-state index in [-0.39, 0.29) is 15.5 Å². The topological polar surface area (TPSA) is 21.3 Å². The molecule has 1 aromatic rings. The maximum absolute atomic E-state index is 13.2. The molecule has 1 fully saturated rings. The fourth-order valence-electron chi connectivity index (χ4n) is 1.53. The van der Waals surface area contributed by atoms with Gasteiger partial charge in [0.25, 0.3) is 0 Å². The van der Waals surface area contributed by atoms with E-state index in [0.717, 1.165) is 25.4 Å². The molecule has 0 unspecified atom stereocenters. The molecule has 2 rings (SSSR count). The largest absolute Gasteiger partial charge is 0.384 e. The van der Waals surface area contributed by atoms with E-state index in [4.69, 9.17) is 27.9 Å². The van der Waals surface area contributed by atoms with Gasteiger partial charge in [-0.15, -0.1) is 0 Å². The Bertz CT molecular complexity index is 384. The summed E-state index contributed by atoms with van der Waals surface area (Å²) in [6.45, 7) is 4.35. The molecule has 0 aliphatic carbocycles. The van der Waals surface area contributed by atoms with Crippen LogP contribution in [0.1, 0.15) is 6.92 Å². The first-order chi connectivity index (χ1) is 7.50. The van der Waals surface area contributed by atoms with Crippen LogP contribution in [0.25, 0.3) is 0 Å². The molecule has 2 nitrogen and oxygen atoms in total. The minimum Gasteiger partial charge on any atom is -0.384 e. The molecule has 1 aromatic carbocycles. The first-order valence-electron chi connectivity index (χ1n) is 4.96. The fourth-order valence-corrected chi connectivity index (χ4v) is 2.01. The molecular formula is C11H12Cl2FNO. The van der Waals surface area contributed by atoms with Gasteiger partial charge in [-0.1, -0.05) is 30.1 Å². The summed E-state index contributed by atoms with van der Waals surface area (Å²) in [6.07, 6.45) is 0. The predicted molar refractivity (Wildman–Crippen MR) is 63.8 cm³/mol. The van der Waals surface area contributed by atoms with E-state index in [1.165, 1.54) is 12.1 Å². The summed E-state index contributed by atoms with van der Waals surface area (Å²) in [5.41, 5.74) is 0.873. The monoisotopic (exact) mass is 263 g/mol. The quantitative estimate of drug-likeness (QED) is 0.842. The van der Waals surface area contributed by atoms with Crippen LogP contribution < -0.4 is 5.32 Å². The van der Waals surface area contributed by atoms with E-state index < -0.39 is 5.82 Å². The zero-order chi connectivity index (χ0) is 11.8. The van der Waals surface area contributed by atoms with Crippen LogP contribution in [-0.4, -0.2) is 19.8 Å². The smallest absolute Gasteiger partial charge is 0.160 e. The maximum atomic E-state index is 13.2. The van der Waals surface area contributed by atoms with E-state index in [1.54, 1.807) is 0 Å². The van der Waals surface area contributed by atoms with Crippen molar-refractivity contribution in [3.63, 3.8) is 0 Å². The van der Waals surface area contributed by atoms with Crippen molar-refractivity contribution in [2.45, 2.75) is 6.92 Å². The molecule has 0 amide bonds. The zero-order valence-electron chi connectivity index (χ0n) is 8.82. The summed E-state index contributed by atoms with van der Waals surface area (Å²) in [5, 5.41) is 3.25. The van der Waals surface area contributed by atoms with Crippen molar-refractivity contribution in [3.05, 3.63) is 28.0 Å². The summed E-state index contributed by atoms with van der Waals surface area (Å²) in [6, 6.07) is 3.07. The van der Waals surface area contributed by atoms with Crippen molar-refractivity contribution < 1.29 is 9.13 Å². The van der Waals surface area contributed by atoms with E-state index >= 15 is 0 Å². The Hall–Kier alpha value is -0.510. The summed E-state index contributed by atoms with van der Waals surface area (Å²) in [4.78, 5) is 0. The van der Waals surface area contributed by atoms with Crippen molar-refractivity contribution in [3.8, 4) is 0 Å². The Labute approximate surface area is 104 Å². The lowest BCUT2D eigenvalue weighted by atomic mass is 9.89. The van der Waals surface area contributed by atoms with Crippen molar-refractivity contribution in [1.29, 1.82) is 0 Å². The number of nitrogens with one attached hydrogen (secondary N) is 1. The van der Waals surface area contributed by atoms with Gasteiger partial charge in [0.1, 0.15) is 0 Å². The van der Waals surface area contributed by atoms with Gasteiger partial charge in [-0.3, -0.25) is 0 Å². The molecule has 1 heterocycles. The van der Waals surface area contributed by atoms with Crippen molar-refractivity contribution in [2.24, 2.45) is 5.41 Å². The van der Waals surface area contributed by atoms with E-state index in [1.807, 2.05) is 0 Å². The second-order valence-electron chi connectivity index (χ2n) is 4.41. The number of hydrogen-bond donors (Lipinski definition) is 1. The van der Waals surface area contributed by atoms with Crippen LogP contribution in [0.2, 0.25) is 10.0 Å². The van der Waals surface area contributed by atoms with Crippen LogP contribution in [0.3, 0.4) is 0 Å². The van der Waals surface area contributed by atoms with Gasteiger partial charge in [-0.2, -0.15) is 0 Å². The fraction of sp³-hybridized carbons (Fsp3) is 0.455. The lowest BCUT2D eigenvalue weighted by molar-refractivity contribution is -0.0924. The Morgan fingerprint density at radius 3 is 2.38 bits per heavy atom. The molecular weight excluding hydrogens is 252 g/mol. The second kappa shape index (κ2) is 4.40. The molecule has 0 atom stereocenters. The van der Waals surface area contributed by atoms with Crippen molar-refractivity contribution in [1.82, 2.24) is 0 Å². The molecule has 88 valence electrons. The number of halogens is 3. The number of rotatable bonds is 3. The highest BCUT2D eigenvalue weighted by atomic mass is 35.5. The first-order valence-corrected chi connectivity index (χ1v) is 5.72. The molecule has 0 saturated carbocycles. The van der Waals surface area contributed by atoms with Crippen molar-refractivity contribution in [2.75, 3.05) is 25.1 Å². The highest BCUT2D eigenvalue weighted by Crippen LogP contribution is 2.30. The number of anilines is 1. The molecule has 1 N–H and O–H groups in total. The minimum absolute atomic E-state index is 0.0324. The summed E-state index contributed by atoms with van der Waals surface area (Å²) in [5.74, 6) is -0.577. The summed E-state index contributed by atoms with van der Waals surface area (Å²) in [7, 11) is 0. The summed E-state index contributed by atoms with van der Waals surface area (Å²) >= 11 is 11.4. The Balaban J connectivity index is 2.04. The minimum atomic E-state index is -0.577. The van der Waals surface area contributed by atoms with Crippen LogP contribution in [0, 0.1) is 11.2 Å². The van der Waals surface area contributed by atoms with Gasteiger partial charge in [0, 0.05) is 17.6 Å². The molecule has 5 heteroatoms. The number of ether oxygens (including phenoxy) is 1. The maximum Gasteiger partial charge on any atom is 0.160 e. The number of benzene rings is 1. The van der Waals surface area contributed by atoms with Crippen LogP contribution in [0.15, 0.2) is 12.1 Å². The first kappa shape index (κ1) is 12.0. The molecule has 1 saturated heterocycles. The zero-order valence-corrected chi connectivity index (χ0v) is 10.3. The van der Waals surface area contributed by atoms with Crippen LogP contribution in [0.5, 0.6) is 0 Å². The lowest BCUT2D eigenvalue weighted by Crippen LogP contribution is -2.45. The Morgan fingerprint density at radius 1 is 1.38 bits per heavy atom. The Kier molecular flexibility index (Phi) is 3.29. The highest BCUT2D eigenvalue weighted by molar-refractivity contribution is 6.35. The molecule has 0 spiro atoms. The van der Waals surface area contributed by atoms with Gasteiger partial charge >= 0.3 is 0 Å². The van der Waals surface area contributed by atoms with Gasteiger partial charge in [-0.05, 0) is 12.1 Å². The lowest BCUT2D eigenvalue weighted by Gasteiger charge is -2.38. The molecule has 0 bridgehead atoms. The van der Waals surface area contributed by atoms with E-state index in [9.17, 15) is 4.39 Å². The third kappa shape index (κ3) is 2.42. The van der Waals surface area contributed by atoms with E-state index in [2.05, 4.69) is 12.2 Å². The molecule has 16 heavy (non-hydrogen) atoms. The van der Waals surface area contributed by atoms with Crippen LogP contribution in [-0.2, 0) is 4.74 Å². The molecule has 0 radical (unpaired) electrons. The molecule has 0 aromatic heterocycles. The van der Waals surface area contributed by atoms with Gasteiger partial charge < -0.3 is 10.1 Å². The molecule has 1 aliphatic heterocycles. The normalized spacial score (nSPS) is 18.0. The summed E-state index contributed by atoms with van der Waals surface area (Å²) < 4.78 is 18.3. The predicted octanol–water partition coefficient (Wildman–Crippen LogP) is 3.58. The van der Waals surface area contributed by atoms with Gasteiger partial charge in [-0.25, -0.2) is 4.39 Å². The average Bonchev–Trinajstić information content (AvgIpc) is 2.20. The third-order valence-electron chi connectivity index (χ3n) is 2.60. The van der Waals surface area contributed by atoms with Crippen LogP contribution in [0.4, 0.5) is 10.1 Å². The van der Waals surface area contributed by atoms with Gasteiger partial charge in [0.05, 0.1) is 23.3 Å². The number of hydrogen-bond acceptors (Lipinski definition) is 2. The van der Waals surface area contributed by atoms with Crippen LogP contribution >= 0.6 is 23.2 Å². The molecule has 1 aliphatic rings. The van der Waals surface area contributed by atoms with Gasteiger partial charge in [0.2, 0.25) is 0 Å². The highest BCUT2D eigenvalue weighted by Gasteiger charge is 2.32. The van der Waals surface area contributed by atoms with E-state index in [0.29, 0.717) is 0 Å².